The monoisotopic (exact) mass is 357 g/mol. The predicted molar refractivity (Wildman–Crippen MR) is 99.0 cm³/mol. The van der Waals surface area contributed by atoms with Crippen LogP contribution >= 0.6 is 0 Å². The van der Waals surface area contributed by atoms with Crippen LogP contribution in [0.4, 0.5) is 5.69 Å². The lowest BCUT2D eigenvalue weighted by Crippen LogP contribution is -2.32. The van der Waals surface area contributed by atoms with Gasteiger partial charge in [-0.15, -0.1) is 0 Å². The third kappa shape index (κ3) is 4.72. The van der Waals surface area contributed by atoms with Crippen LogP contribution < -0.4 is 20.1 Å². The van der Waals surface area contributed by atoms with Gasteiger partial charge in [0.05, 0.1) is 14.2 Å². The smallest absolute Gasteiger partial charge is 0.270 e. The Balaban J connectivity index is 2.15. The molecule has 0 bridgehead atoms. The molecule has 0 saturated heterocycles. The Morgan fingerprint density at radius 1 is 1.08 bits per heavy atom. The number of nitrogens with one attached hydrogen (secondary N) is 2. The summed E-state index contributed by atoms with van der Waals surface area (Å²) < 4.78 is 10.4. The number of amides is 2. The number of carbonyl (C=O) groups is 2. The van der Waals surface area contributed by atoms with Crippen molar-refractivity contribution >= 4 is 17.5 Å². The number of rotatable bonds is 7. The molecular weight excluding hydrogens is 334 g/mol. The highest BCUT2D eigenvalue weighted by Gasteiger charge is 2.14. The molecule has 0 radical (unpaired) electrons. The largest absolute Gasteiger partial charge is 0.493 e. The zero-order valence-corrected chi connectivity index (χ0v) is 15.3. The van der Waals surface area contributed by atoms with Crippen LogP contribution in [0.3, 0.4) is 0 Å². The van der Waals surface area contributed by atoms with Crippen LogP contribution in [-0.2, 0) is 0 Å². The summed E-state index contributed by atoms with van der Waals surface area (Å²) >= 11 is 0. The average Bonchev–Trinajstić information content (AvgIpc) is 2.67. The molecule has 1 unspecified atom stereocenters. The predicted octanol–water partition coefficient (Wildman–Crippen LogP) is 2.88. The van der Waals surface area contributed by atoms with Gasteiger partial charge >= 0.3 is 0 Å². The Labute approximate surface area is 152 Å². The van der Waals surface area contributed by atoms with E-state index in [2.05, 4.69) is 15.6 Å². The fourth-order valence-electron chi connectivity index (χ4n) is 2.21. The minimum Gasteiger partial charge on any atom is -0.493 e. The summed E-state index contributed by atoms with van der Waals surface area (Å²) in [7, 11) is 3.06. The van der Waals surface area contributed by atoms with Crippen LogP contribution in [0, 0.1) is 0 Å². The first-order chi connectivity index (χ1) is 12.5. The van der Waals surface area contributed by atoms with Crippen molar-refractivity contribution in [1.29, 1.82) is 0 Å². The lowest BCUT2D eigenvalue weighted by Gasteiger charge is -2.12. The van der Waals surface area contributed by atoms with E-state index in [4.69, 9.17) is 9.47 Å². The number of ether oxygens (including phenoxy) is 2. The van der Waals surface area contributed by atoms with Gasteiger partial charge in [0, 0.05) is 29.6 Å². The highest BCUT2D eigenvalue weighted by atomic mass is 16.5. The molecule has 1 heterocycles. The third-order valence-electron chi connectivity index (χ3n) is 3.89. The Morgan fingerprint density at radius 2 is 1.81 bits per heavy atom. The average molecular weight is 357 g/mol. The molecule has 1 aromatic heterocycles. The van der Waals surface area contributed by atoms with Crippen LogP contribution in [0.1, 0.15) is 41.1 Å². The number of methoxy groups -OCH3 is 2. The van der Waals surface area contributed by atoms with Gasteiger partial charge in [-0.05, 0) is 37.6 Å². The molecule has 0 aliphatic heterocycles. The van der Waals surface area contributed by atoms with Gasteiger partial charge in [0.25, 0.3) is 11.8 Å². The molecule has 0 spiro atoms. The molecule has 0 saturated carbocycles. The number of anilines is 1. The van der Waals surface area contributed by atoms with Crippen molar-refractivity contribution in [1.82, 2.24) is 10.3 Å². The molecule has 1 aromatic carbocycles. The van der Waals surface area contributed by atoms with Crippen molar-refractivity contribution in [2.75, 3.05) is 19.5 Å². The van der Waals surface area contributed by atoms with E-state index in [1.807, 2.05) is 13.8 Å². The molecule has 0 aliphatic carbocycles. The second-order valence-corrected chi connectivity index (χ2v) is 5.74. The summed E-state index contributed by atoms with van der Waals surface area (Å²) in [6, 6.07) is 8.12. The summed E-state index contributed by atoms with van der Waals surface area (Å²) in [6.45, 7) is 3.89. The van der Waals surface area contributed by atoms with Gasteiger partial charge in [0.15, 0.2) is 11.5 Å². The minimum atomic E-state index is -0.350. The number of pyridine rings is 1. The molecule has 2 rings (SSSR count). The maximum atomic E-state index is 12.5. The Morgan fingerprint density at radius 3 is 2.46 bits per heavy atom. The van der Waals surface area contributed by atoms with Crippen molar-refractivity contribution in [3.05, 3.63) is 47.8 Å². The van der Waals surface area contributed by atoms with E-state index in [1.165, 1.54) is 19.4 Å². The molecule has 26 heavy (non-hydrogen) atoms. The third-order valence-corrected chi connectivity index (χ3v) is 3.89. The second kappa shape index (κ2) is 8.84. The Bertz CT molecular complexity index is 792. The SMILES string of the molecule is CCC(C)NC(=O)c1cc(C(=O)Nc2ccc(OC)c(OC)c2)ccn1. The van der Waals surface area contributed by atoms with E-state index in [-0.39, 0.29) is 23.6 Å². The molecule has 7 heteroatoms. The van der Waals surface area contributed by atoms with E-state index >= 15 is 0 Å². The van der Waals surface area contributed by atoms with Gasteiger partial charge in [-0.1, -0.05) is 6.92 Å². The zero-order chi connectivity index (χ0) is 19.1. The van der Waals surface area contributed by atoms with Crippen LogP contribution in [0.2, 0.25) is 0 Å². The van der Waals surface area contributed by atoms with Crippen LogP contribution in [0.25, 0.3) is 0 Å². The lowest BCUT2D eigenvalue weighted by molar-refractivity contribution is 0.0934. The maximum absolute atomic E-state index is 12.5. The van der Waals surface area contributed by atoms with Gasteiger partial charge in [-0.3, -0.25) is 14.6 Å². The summed E-state index contributed by atoms with van der Waals surface area (Å²) in [5.41, 5.74) is 1.09. The number of carbonyl (C=O) groups excluding carboxylic acids is 2. The van der Waals surface area contributed by atoms with Crippen LogP contribution in [-0.4, -0.2) is 37.1 Å². The number of hydrogen-bond acceptors (Lipinski definition) is 5. The van der Waals surface area contributed by atoms with Gasteiger partial charge in [0.1, 0.15) is 5.69 Å². The van der Waals surface area contributed by atoms with E-state index in [9.17, 15) is 9.59 Å². The molecule has 0 aliphatic rings. The first-order valence-electron chi connectivity index (χ1n) is 8.28. The van der Waals surface area contributed by atoms with Crippen molar-refractivity contribution < 1.29 is 19.1 Å². The molecular formula is C19H23N3O4. The van der Waals surface area contributed by atoms with Gasteiger partial charge in [-0.2, -0.15) is 0 Å². The molecule has 2 amide bonds. The molecule has 138 valence electrons. The van der Waals surface area contributed by atoms with E-state index in [0.717, 1.165) is 6.42 Å². The summed E-state index contributed by atoms with van der Waals surface area (Å²) in [4.78, 5) is 28.7. The number of benzene rings is 1. The topological polar surface area (TPSA) is 89.6 Å². The van der Waals surface area contributed by atoms with Crippen molar-refractivity contribution in [2.45, 2.75) is 26.3 Å². The second-order valence-electron chi connectivity index (χ2n) is 5.74. The number of nitrogens with zero attached hydrogens (tertiary/aromatic N) is 1. The van der Waals surface area contributed by atoms with E-state index < -0.39 is 0 Å². The lowest BCUT2D eigenvalue weighted by atomic mass is 10.2. The molecule has 2 N–H and O–H groups in total. The van der Waals surface area contributed by atoms with E-state index in [0.29, 0.717) is 22.7 Å². The normalized spacial score (nSPS) is 11.4. The highest BCUT2D eigenvalue weighted by molar-refractivity contribution is 6.05. The van der Waals surface area contributed by atoms with Crippen LogP contribution in [0.5, 0.6) is 11.5 Å². The highest BCUT2D eigenvalue weighted by Crippen LogP contribution is 2.29. The molecule has 2 aromatic rings. The summed E-state index contributed by atoms with van der Waals surface area (Å²) in [6.07, 6.45) is 2.25. The number of hydrogen-bond donors (Lipinski definition) is 2. The maximum Gasteiger partial charge on any atom is 0.270 e. The minimum absolute atomic E-state index is 0.0357. The Kier molecular flexibility index (Phi) is 6.54. The first kappa shape index (κ1) is 19.2. The van der Waals surface area contributed by atoms with Crippen molar-refractivity contribution in [2.24, 2.45) is 0 Å². The van der Waals surface area contributed by atoms with Gasteiger partial charge in [0.2, 0.25) is 0 Å². The first-order valence-corrected chi connectivity index (χ1v) is 8.28. The molecule has 0 fully saturated rings. The van der Waals surface area contributed by atoms with Crippen LogP contribution in [0.15, 0.2) is 36.5 Å². The Hall–Kier alpha value is -3.09. The zero-order valence-electron chi connectivity index (χ0n) is 15.3. The van der Waals surface area contributed by atoms with Crippen molar-refractivity contribution in [3.63, 3.8) is 0 Å². The molecule has 7 nitrogen and oxygen atoms in total. The summed E-state index contributed by atoms with van der Waals surface area (Å²) in [5.74, 6) is 0.421. The standard InChI is InChI=1S/C19H23N3O4/c1-5-12(2)21-19(24)15-10-13(8-9-20-15)18(23)22-14-6-7-16(25-3)17(11-14)26-4/h6-12H,5H2,1-4H3,(H,21,24)(H,22,23). The molecule has 1 atom stereocenters. The number of aromatic nitrogens is 1. The van der Waals surface area contributed by atoms with Gasteiger partial charge in [-0.25, -0.2) is 0 Å². The fourth-order valence-corrected chi connectivity index (χ4v) is 2.21. The van der Waals surface area contributed by atoms with E-state index in [1.54, 1.807) is 31.4 Å². The summed E-state index contributed by atoms with van der Waals surface area (Å²) in [5, 5.41) is 5.59. The fraction of sp³-hybridized carbons (Fsp3) is 0.316. The quantitative estimate of drug-likeness (QED) is 0.795. The van der Waals surface area contributed by atoms with Gasteiger partial charge < -0.3 is 20.1 Å². The van der Waals surface area contributed by atoms with Crippen molar-refractivity contribution in [3.8, 4) is 11.5 Å².